The summed E-state index contributed by atoms with van der Waals surface area (Å²) < 4.78 is 13.0. The van der Waals surface area contributed by atoms with Crippen molar-refractivity contribution in [2.45, 2.75) is 31.7 Å². The second kappa shape index (κ2) is 5.12. The van der Waals surface area contributed by atoms with Crippen molar-refractivity contribution < 1.29 is 18.8 Å². The van der Waals surface area contributed by atoms with Gasteiger partial charge in [-0.3, -0.25) is 19.7 Å². The van der Waals surface area contributed by atoms with Crippen molar-refractivity contribution in [3.05, 3.63) is 23.6 Å². The summed E-state index contributed by atoms with van der Waals surface area (Å²) in [5.41, 5.74) is 0.225. The lowest BCUT2D eigenvalue weighted by Gasteiger charge is -2.22. The second-order valence-electron chi connectivity index (χ2n) is 4.27. The first-order valence-electron chi connectivity index (χ1n) is 5.77. The zero-order valence-corrected chi connectivity index (χ0v) is 9.66. The van der Waals surface area contributed by atoms with E-state index >= 15 is 0 Å². The molecular formula is C12H13FN2O3. The minimum atomic E-state index is -0.727. The number of hydrogen-bond acceptors (Lipinski definition) is 3. The van der Waals surface area contributed by atoms with Crippen molar-refractivity contribution in [3.8, 4) is 0 Å². The summed E-state index contributed by atoms with van der Waals surface area (Å²) in [5, 5.41) is 4.64. The lowest BCUT2D eigenvalue weighted by molar-refractivity contribution is -0.136. The smallest absolute Gasteiger partial charge is 0.251 e. The minimum Gasteiger partial charge on any atom is -0.340 e. The van der Waals surface area contributed by atoms with Gasteiger partial charge in [-0.05, 0) is 18.9 Å². The standard InChI is InChI=1S/C12H13FN2O3/c13-8-3-1-2-7(6-8)11(17)14-9-4-5-10(16)15-12(9)18/h2,6,9H,1,3-5H2,(H,14,17)(H,15,16,18). The van der Waals surface area contributed by atoms with Crippen LogP contribution in [0.1, 0.15) is 25.7 Å². The molecule has 0 radical (unpaired) electrons. The summed E-state index contributed by atoms with van der Waals surface area (Å²) >= 11 is 0. The van der Waals surface area contributed by atoms with Gasteiger partial charge in [0.1, 0.15) is 11.9 Å². The van der Waals surface area contributed by atoms with Crippen molar-refractivity contribution in [2.75, 3.05) is 0 Å². The van der Waals surface area contributed by atoms with E-state index in [9.17, 15) is 18.8 Å². The summed E-state index contributed by atoms with van der Waals surface area (Å²) in [6.07, 6.45) is 4.04. The number of imide groups is 1. The van der Waals surface area contributed by atoms with Crippen LogP contribution in [-0.2, 0) is 14.4 Å². The predicted molar refractivity (Wildman–Crippen MR) is 60.8 cm³/mol. The van der Waals surface area contributed by atoms with Gasteiger partial charge in [-0.25, -0.2) is 4.39 Å². The lowest BCUT2D eigenvalue weighted by Crippen LogP contribution is -2.52. The van der Waals surface area contributed by atoms with E-state index in [0.717, 1.165) is 0 Å². The Hall–Kier alpha value is -1.98. The lowest BCUT2D eigenvalue weighted by atomic mass is 10.0. The van der Waals surface area contributed by atoms with E-state index in [0.29, 0.717) is 12.8 Å². The highest BCUT2D eigenvalue weighted by molar-refractivity contribution is 6.04. The van der Waals surface area contributed by atoms with Crippen LogP contribution in [0.15, 0.2) is 23.6 Å². The number of amides is 3. The van der Waals surface area contributed by atoms with Crippen LogP contribution in [-0.4, -0.2) is 23.8 Å². The second-order valence-corrected chi connectivity index (χ2v) is 4.27. The molecule has 3 amide bonds. The first kappa shape index (κ1) is 12.5. The van der Waals surface area contributed by atoms with Crippen LogP contribution in [0, 0.1) is 0 Å². The molecule has 1 aliphatic heterocycles. The third-order valence-corrected chi connectivity index (χ3v) is 2.87. The molecule has 1 fully saturated rings. The van der Waals surface area contributed by atoms with Gasteiger partial charge in [-0.15, -0.1) is 0 Å². The van der Waals surface area contributed by atoms with E-state index in [1.807, 2.05) is 0 Å². The molecule has 1 saturated heterocycles. The molecule has 1 unspecified atom stereocenters. The van der Waals surface area contributed by atoms with Crippen LogP contribution in [0.25, 0.3) is 0 Å². The van der Waals surface area contributed by atoms with Gasteiger partial charge in [0.25, 0.3) is 5.91 Å². The Kier molecular flexibility index (Phi) is 3.55. The SMILES string of the molecule is O=C1CCC(NC(=O)C2=CCCC(F)=C2)C(=O)N1. The van der Waals surface area contributed by atoms with Gasteiger partial charge < -0.3 is 5.32 Å². The van der Waals surface area contributed by atoms with E-state index in [2.05, 4.69) is 10.6 Å². The highest BCUT2D eigenvalue weighted by Crippen LogP contribution is 2.18. The third kappa shape index (κ3) is 2.82. The first-order chi connectivity index (χ1) is 8.56. The number of rotatable bonds is 2. The van der Waals surface area contributed by atoms with Crippen molar-refractivity contribution in [3.63, 3.8) is 0 Å². The van der Waals surface area contributed by atoms with E-state index in [4.69, 9.17) is 0 Å². The Morgan fingerprint density at radius 3 is 2.83 bits per heavy atom. The first-order valence-corrected chi connectivity index (χ1v) is 5.77. The van der Waals surface area contributed by atoms with E-state index in [-0.39, 0.29) is 30.1 Å². The summed E-state index contributed by atoms with van der Waals surface area (Å²) in [7, 11) is 0. The summed E-state index contributed by atoms with van der Waals surface area (Å²) in [6, 6.07) is -0.727. The maximum Gasteiger partial charge on any atom is 0.251 e. The van der Waals surface area contributed by atoms with Gasteiger partial charge in [-0.2, -0.15) is 0 Å². The van der Waals surface area contributed by atoms with E-state index in [1.54, 1.807) is 6.08 Å². The molecule has 1 atom stereocenters. The molecule has 6 heteroatoms. The van der Waals surface area contributed by atoms with Crippen LogP contribution in [0.4, 0.5) is 4.39 Å². The maximum absolute atomic E-state index is 13.0. The summed E-state index contributed by atoms with van der Waals surface area (Å²) in [6.45, 7) is 0. The van der Waals surface area contributed by atoms with Gasteiger partial charge in [0.05, 0.1) is 0 Å². The van der Waals surface area contributed by atoms with Gasteiger partial charge in [-0.1, -0.05) is 6.08 Å². The number of piperidine rings is 1. The number of allylic oxidation sites excluding steroid dienone is 2. The number of carbonyl (C=O) groups excluding carboxylic acids is 3. The minimum absolute atomic E-state index is 0.194. The fourth-order valence-corrected chi connectivity index (χ4v) is 1.90. The molecule has 0 spiro atoms. The molecule has 5 nitrogen and oxygen atoms in total. The Balaban J connectivity index is 1.97. The van der Waals surface area contributed by atoms with Gasteiger partial charge >= 0.3 is 0 Å². The summed E-state index contributed by atoms with van der Waals surface area (Å²) in [5.74, 6) is -1.68. The van der Waals surface area contributed by atoms with Crippen molar-refractivity contribution >= 4 is 17.7 Å². The van der Waals surface area contributed by atoms with Crippen molar-refractivity contribution in [1.29, 1.82) is 0 Å². The van der Waals surface area contributed by atoms with Crippen LogP contribution in [0.3, 0.4) is 0 Å². The largest absolute Gasteiger partial charge is 0.340 e. The molecule has 0 aromatic rings. The summed E-state index contributed by atoms with van der Waals surface area (Å²) in [4.78, 5) is 34.1. The topological polar surface area (TPSA) is 75.3 Å². The van der Waals surface area contributed by atoms with E-state index in [1.165, 1.54) is 6.08 Å². The van der Waals surface area contributed by atoms with Crippen LogP contribution in [0.5, 0.6) is 0 Å². The van der Waals surface area contributed by atoms with Gasteiger partial charge in [0.2, 0.25) is 11.8 Å². The van der Waals surface area contributed by atoms with E-state index < -0.39 is 17.9 Å². The number of carbonyl (C=O) groups is 3. The van der Waals surface area contributed by atoms with Crippen LogP contribution >= 0.6 is 0 Å². The van der Waals surface area contributed by atoms with Crippen LogP contribution in [0.2, 0.25) is 0 Å². The Bertz CT molecular complexity index is 468. The maximum atomic E-state index is 13.0. The molecule has 2 aliphatic rings. The molecule has 0 bridgehead atoms. The Labute approximate surface area is 103 Å². The highest BCUT2D eigenvalue weighted by atomic mass is 19.1. The predicted octanol–water partition coefficient (Wildman–Crippen LogP) is 0.481. The highest BCUT2D eigenvalue weighted by Gasteiger charge is 2.28. The normalized spacial score (nSPS) is 23.9. The molecule has 0 aromatic carbocycles. The molecule has 0 aromatic heterocycles. The molecule has 2 rings (SSSR count). The molecule has 1 heterocycles. The number of hydrogen-bond donors (Lipinski definition) is 2. The van der Waals surface area contributed by atoms with Gasteiger partial charge in [0, 0.05) is 18.4 Å². The molecule has 0 saturated carbocycles. The molecule has 96 valence electrons. The Morgan fingerprint density at radius 2 is 2.17 bits per heavy atom. The Morgan fingerprint density at radius 1 is 1.39 bits per heavy atom. The van der Waals surface area contributed by atoms with Crippen molar-refractivity contribution in [1.82, 2.24) is 10.6 Å². The molecule has 18 heavy (non-hydrogen) atoms. The zero-order valence-electron chi connectivity index (χ0n) is 9.66. The van der Waals surface area contributed by atoms with Crippen LogP contribution < -0.4 is 10.6 Å². The molecular weight excluding hydrogens is 239 g/mol. The van der Waals surface area contributed by atoms with Crippen molar-refractivity contribution in [2.24, 2.45) is 0 Å². The average Bonchev–Trinajstić information content (AvgIpc) is 2.32. The fraction of sp³-hybridized carbons (Fsp3) is 0.417. The monoisotopic (exact) mass is 252 g/mol. The molecule has 1 aliphatic carbocycles. The third-order valence-electron chi connectivity index (χ3n) is 2.87. The zero-order chi connectivity index (χ0) is 13.1. The quantitative estimate of drug-likeness (QED) is 0.702. The fourth-order valence-electron chi connectivity index (χ4n) is 1.90. The average molecular weight is 252 g/mol. The number of nitrogens with one attached hydrogen (secondary N) is 2. The molecule has 2 N–H and O–H groups in total. The van der Waals surface area contributed by atoms with Gasteiger partial charge in [0.15, 0.2) is 0 Å². The number of halogens is 1.